The number of hydrogen-bond acceptors (Lipinski definition) is 3. The number of aliphatic hydroxyl groups is 1. The van der Waals surface area contributed by atoms with Crippen LogP contribution >= 0.6 is 0 Å². The second-order valence-corrected chi connectivity index (χ2v) is 5.61. The molecule has 0 amide bonds. The Balaban J connectivity index is 2.21. The number of ether oxygens (including phenoxy) is 1. The lowest BCUT2D eigenvalue weighted by molar-refractivity contribution is 0.00797. The van der Waals surface area contributed by atoms with Crippen LogP contribution in [0.15, 0.2) is 0 Å². The molecule has 1 atom stereocenters. The van der Waals surface area contributed by atoms with Crippen LogP contribution in [0.3, 0.4) is 0 Å². The third-order valence-electron chi connectivity index (χ3n) is 3.47. The Bertz CT molecular complexity index is 200. The Kier molecular flexibility index (Phi) is 4.15. The zero-order valence-electron chi connectivity index (χ0n) is 10.5. The number of nitrogens with one attached hydrogen (secondary N) is 1. The minimum absolute atomic E-state index is 0.0671. The molecule has 0 aliphatic heterocycles. The highest BCUT2D eigenvalue weighted by Crippen LogP contribution is 2.44. The van der Waals surface area contributed by atoms with E-state index in [2.05, 4.69) is 26.1 Å². The molecule has 1 saturated carbocycles. The fourth-order valence-electron chi connectivity index (χ4n) is 1.85. The van der Waals surface area contributed by atoms with Gasteiger partial charge in [0.25, 0.3) is 0 Å². The molecule has 3 nitrogen and oxygen atoms in total. The second-order valence-electron chi connectivity index (χ2n) is 5.61. The van der Waals surface area contributed by atoms with Gasteiger partial charge >= 0.3 is 0 Å². The summed E-state index contributed by atoms with van der Waals surface area (Å²) in [5, 5.41) is 12.7. The second kappa shape index (κ2) is 4.81. The Morgan fingerprint density at radius 2 is 2.07 bits per heavy atom. The van der Waals surface area contributed by atoms with Crippen molar-refractivity contribution in [1.29, 1.82) is 0 Å². The lowest BCUT2D eigenvalue weighted by Gasteiger charge is -2.28. The molecule has 0 aromatic heterocycles. The summed E-state index contributed by atoms with van der Waals surface area (Å²) in [5.41, 5.74) is 0.133. The van der Waals surface area contributed by atoms with E-state index in [0.29, 0.717) is 12.6 Å². The van der Waals surface area contributed by atoms with E-state index in [0.717, 1.165) is 25.8 Å². The smallest absolute Gasteiger partial charge is 0.0637 e. The first-order valence-electron chi connectivity index (χ1n) is 5.82. The summed E-state index contributed by atoms with van der Waals surface area (Å²) in [7, 11) is 1.75. The van der Waals surface area contributed by atoms with Crippen molar-refractivity contribution in [2.24, 2.45) is 5.41 Å². The summed E-state index contributed by atoms with van der Waals surface area (Å²) in [5.74, 6) is 0. The predicted molar refractivity (Wildman–Crippen MR) is 61.9 cm³/mol. The van der Waals surface area contributed by atoms with E-state index in [9.17, 15) is 5.11 Å². The van der Waals surface area contributed by atoms with Crippen molar-refractivity contribution in [2.75, 3.05) is 20.3 Å². The summed E-state index contributed by atoms with van der Waals surface area (Å²) in [6.07, 6.45) is 3.32. The van der Waals surface area contributed by atoms with Crippen LogP contribution < -0.4 is 5.32 Å². The summed E-state index contributed by atoms with van der Waals surface area (Å²) < 4.78 is 5.39. The largest absolute Gasteiger partial charge is 0.396 e. The maximum Gasteiger partial charge on any atom is 0.0637 e. The maximum atomic E-state index is 9.18. The van der Waals surface area contributed by atoms with Gasteiger partial charge in [0.15, 0.2) is 0 Å². The van der Waals surface area contributed by atoms with Gasteiger partial charge in [0.1, 0.15) is 0 Å². The first kappa shape index (κ1) is 12.9. The van der Waals surface area contributed by atoms with Gasteiger partial charge < -0.3 is 15.2 Å². The normalized spacial score (nSPS) is 21.4. The summed E-state index contributed by atoms with van der Waals surface area (Å²) >= 11 is 0. The van der Waals surface area contributed by atoms with Crippen molar-refractivity contribution in [1.82, 2.24) is 5.32 Å². The average Bonchev–Trinajstić information content (AvgIpc) is 2.95. The van der Waals surface area contributed by atoms with Gasteiger partial charge in [0.2, 0.25) is 0 Å². The molecule has 1 rings (SSSR count). The van der Waals surface area contributed by atoms with Crippen molar-refractivity contribution in [3.8, 4) is 0 Å². The molecule has 3 heteroatoms. The average molecular weight is 215 g/mol. The SMILES string of the molecule is COC(C)(C)CC(C)NCC1(CO)CC1. The van der Waals surface area contributed by atoms with E-state index >= 15 is 0 Å². The molecule has 0 aromatic rings. The van der Waals surface area contributed by atoms with Gasteiger partial charge in [-0.25, -0.2) is 0 Å². The minimum Gasteiger partial charge on any atom is -0.396 e. The van der Waals surface area contributed by atoms with Crippen LogP contribution in [0, 0.1) is 5.41 Å². The lowest BCUT2D eigenvalue weighted by Crippen LogP contribution is -2.39. The topological polar surface area (TPSA) is 41.5 Å². The molecule has 1 fully saturated rings. The first-order chi connectivity index (χ1) is 6.93. The van der Waals surface area contributed by atoms with Crippen LogP contribution in [0.4, 0.5) is 0 Å². The van der Waals surface area contributed by atoms with Crippen molar-refractivity contribution in [2.45, 2.75) is 51.7 Å². The van der Waals surface area contributed by atoms with Gasteiger partial charge in [-0.15, -0.1) is 0 Å². The highest BCUT2D eigenvalue weighted by Gasteiger charge is 2.41. The maximum absolute atomic E-state index is 9.18. The molecule has 1 aliphatic rings. The van der Waals surface area contributed by atoms with E-state index in [1.807, 2.05) is 0 Å². The molecule has 0 aromatic carbocycles. The zero-order valence-corrected chi connectivity index (χ0v) is 10.5. The molecular formula is C12H25NO2. The molecule has 0 bridgehead atoms. The molecule has 1 aliphatic carbocycles. The Morgan fingerprint density at radius 3 is 2.47 bits per heavy atom. The van der Waals surface area contributed by atoms with Crippen LogP contribution in [-0.2, 0) is 4.74 Å². The number of aliphatic hydroxyl groups excluding tert-OH is 1. The number of rotatable bonds is 7. The quantitative estimate of drug-likeness (QED) is 0.677. The Labute approximate surface area is 93.2 Å². The van der Waals surface area contributed by atoms with Gasteiger partial charge in [-0.3, -0.25) is 0 Å². The van der Waals surface area contributed by atoms with Gasteiger partial charge in [-0.05, 0) is 40.0 Å². The van der Waals surface area contributed by atoms with Crippen LogP contribution in [0.25, 0.3) is 0 Å². The zero-order chi connectivity index (χ0) is 11.5. The third-order valence-corrected chi connectivity index (χ3v) is 3.47. The van der Waals surface area contributed by atoms with E-state index in [1.54, 1.807) is 7.11 Å². The standard InChI is InChI=1S/C12H25NO2/c1-10(7-11(2,3)15-4)13-8-12(9-14)5-6-12/h10,13-14H,5-9H2,1-4H3. The molecule has 0 radical (unpaired) electrons. The van der Waals surface area contributed by atoms with E-state index < -0.39 is 0 Å². The summed E-state index contributed by atoms with van der Waals surface area (Å²) in [6.45, 7) is 7.63. The molecule has 90 valence electrons. The number of methoxy groups -OCH3 is 1. The summed E-state index contributed by atoms with van der Waals surface area (Å²) in [4.78, 5) is 0. The lowest BCUT2D eigenvalue weighted by atomic mass is 9.99. The fourth-order valence-corrected chi connectivity index (χ4v) is 1.85. The van der Waals surface area contributed by atoms with Crippen LogP contribution in [0.5, 0.6) is 0 Å². The molecule has 0 heterocycles. The molecule has 0 spiro atoms. The van der Waals surface area contributed by atoms with Crippen molar-refractivity contribution < 1.29 is 9.84 Å². The van der Waals surface area contributed by atoms with Crippen molar-refractivity contribution >= 4 is 0 Å². The molecule has 15 heavy (non-hydrogen) atoms. The Hall–Kier alpha value is -0.120. The van der Waals surface area contributed by atoms with Gasteiger partial charge in [0, 0.05) is 31.7 Å². The van der Waals surface area contributed by atoms with Crippen molar-refractivity contribution in [3.63, 3.8) is 0 Å². The summed E-state index contributed by atoms with van der Waals surface area (Å²) in [6, 6.07) is 0.434. The molecular weight excluding hydrogens is 190 g/mol. The fraction of sp³-hybridized carbons (Fsp3) is 1.00. The highest BCUT2D eigenvalue weighted by atomic mass is 16.5. The third kappa shape index (κ3) is 4.09. The van der Waals surface area contributed by atoms with E-state index in [4.69, 9.17) is 4.74 Å². The van der Waals surface area contributed by atoms with Crippen LogP contribution in [-0.4, -0.2) is 37.0 Å². The van der Waals surface area contributed by atoms with E-state index in [-0.39, 0.29) is 11.0 Å². The molecule has 2 N–H and O–H groups in total. The molecule has 0 saturated heterocycles. The van der Waals surface area contributed by atoms with Gasteiger partial charge in [-0.1, -0.05) is 0 Å². The van der Waals surface area contributed by atoms with Gasteiger partial charge in [-0.2, -0.15) is 0 Å². The number of hydrogen-bond donors (Lipinski definition) is 2. The minimum atomic E-state index is -0.0671. The van der Waals surface area contributed by atoms with Crippen LogP contribution in [0.2, 0.25) is 0 Å². The highest BCUT2D eigenvalue weighted by molar-refractivity contribution is 4.95. The monoisotopic (exact) mass is 215 g/mol. The van der Waals surface area contributed by atoms with Crippen LogP contribution in [0.1, 0.15) is 40.0 Å². The first-order valence-corrected chi connectivity index (χ1v) is 5.82. The van der Waals surface area contributed by atoms with E-state index in [1.165, 1.54) is 0 Å². The van der Waals surface area contributed by atoms with Crippen molar-refractivity contribution in [3.05, 3.63) is 0 Å². The molecule has 1 unspecified atom stereocenters. The van der Waals surface area contributed by atoms with Gasteiger partial charge in [0.05, 0.1) is 5.60 Å². The Morgan fingerprint density at radius 1 is 1.47 bits per heavy atom. The predicted octanol–water partition coefficient (Wildman–Crippen LogP) is 1.55.